The lowest BCUT2D eigenvalue weighted by Crippen LogP contribution is -2.01. The summed E-state index contributed by atoms with van der Waals surface area (Å²) in [5, 5.41) is 0. The molecule has 0 aromatic rings. The van der Waals surface area contributed by atoms with Gasteiger partial charge in [0.2, 0.25) is 0 Å². The minimum atomic E-state index is -0.177. The molecule has 0 aliphatic carbocycles. The fraction of sp³-hybridized carbons (Fsp3) is 0.905. The number of hydrogen-bond donors (Lipinski definition) is 0. The van der Waals surface area contributed by atoms with E-state index in [0.717, 1.165) is 18.8 Å². The van der Waals surface area contributed by atoms with E-state index in [2.05, 4.69) is 31.2 Å². The largest absolute Gasteiger partial charge is 0.107 e. The van der Waals surface area contributed by atoms with Crippen molar-refractivity contribution in [1.82, 2.24) is 0 Å². The summed E-state index contributed by atoms with van der Waals surface area (Å²) in [6.07, 6.45) is 55.3. The molecule has 0 aromatic carbocycles. The van der Waals surface area contributed by atoms with Crippen molar-refractivity contribution in [1.29, 1.82) is 0 Å². The van der Waals surface area contributed by atoms with E-state index < -0.39 is 0 Å². The molecule has 0 atom stereocenters. The Bertz CT molecular complexity index is 567. The molecule has 0 N–H and O–H groups in total. The van der Waals surface area contributed by atoms with Crippen molar-refractivity contribution in [3.8, 4) is 0 Å². The lowest BCUT2D eigenvalue weighted by Gasteiger charge is -2.17. The SMILES string of the molecule is CCCCCC(CCCCCCCC/C=C\CCCCCCCC(Cl)Cl)CCCCCCCC/C=C\CCCCCCCC(Cl)Cl. The quantitative estimate of drug-likeness (QED) is 0.0338. The average molecular weight is 725 g/mol. The van der Waals surface area contributed by atoms with E-state index in [-0.39, 0.29) is 9.67 Å². The van der Waals surface area contributed by atoms with Crippen molar-refractivity contribution in [3.63, 3.8) is 0 Å². The summed E-state index contributed by atoms with van der Waals surface area (Å²) in [5.41, 5.74) is 0. The molecular formula is C42H78Cl4. The first-order valence-electron chi connectivity index (χ1n) is 20.4. The fourth-order valence-corrected chi connectivity index (χ4v) is 7.19. The Morgan fingerprint density at radius 1 is 0.304 bits per heavy atom. The second-order valence-electron chi connectivity index (χ2n) is 14.2. The Balaban J connectivity index is 3.61. The molecule has 0 radical (unpaired) electrons. The third-order valence-electron chi connectivity index (χ3n) is 9.60. The maximum absolute atomic E-state index is 5.78. The normalized spacial score (nSPS) is 12.3. The minimum Gasteiger partial charge on any atom is -0.105 e. The van der Waals surface area contributed by atoms with E-state index in [9.17, 15) is 0 Å². The van der Waals surface area contributed by atoms with Crippen LogP contribution in [0.25, 0.3) is 0 Å². The number of allylic oxidation sites excluding steroid dienone is 4. The Morgan fingerprint density at radius 2 is 0.543 bits per heavy atom. The summed E-state index contributed by atoms with van der Waals surface area (Å²) >= 11 is 23.1. The maximum Gasteiger partial charge on any atom is 0.107 e. The van der Waals surface area contributed by atoms with Crippen molar-refractivity contribution in [3.05, 3.63) is 24.3 Å². The van der Waals surface area contributed by atoms with Crippen LogP contribution >= 0.6 is 46.4 Å². The highest BCUT2D eigenvalue weighted by Crippen LogP contribution is 2.24. The topological polar surface area (TPSA) is 0 Å². The lowest BCUT2D eigenvalue weighted by molar-refractivity contribution is 0.367. The molecule has 274 valence electrons. The van der Waals surface area contributed by atoms with Gasteiger partial charge in [-0.15, -0.1) is 46.4 Å². The number of halogens is 4. The first kappa shape index (κ1) is 46.6. The molecule has 0 unspecified atom stereocenters. The van der Waals surface area contributed by atoms with Crippen LogP contribution in [0.1, 0.15) is 225 Å². The molecule has 0 bridgehead atoms. The molecule has 0 fully saturated rings. The van der Waals surface area contributed by atoms with Crippen LogP contribution in [0.2, 0.25) is 0 Å². The highest BCUT2D eigenvalue weighted by atomic mass is 35.5. The maximum atomic E-state index is 5.78. The molecule has 0 saturated heterocycles. The second kappa shape index (κ2) is 40.1. The predicted octanol–water partition coefficient (Wildman–Crippen LogP) is 17.6. The highest BCUT2D eigenvalue weighted by molar-refractivity contribution is 6.44. The Kier molecular flexibility index (Phi) is 40.6. The van der Waals surface area contributed by atoms with Gasteiger partial charge >= 0.3 is 0 Å². The van der Waals surface area contributed by atoms with Crippen LogP contribution in [0, 0.1) is 5.92 Å². The van der Waals surface area contributed by atoms with Crippen molar-refractivity contribution < 1.29 is 0 Å². The standard InChI is InChI=1S/C42H78Cl4/c1-2-3-30-35-40(36-31-26-22-18-14-10-6-4-8-12-16-20-24-28-33-38-41(43)44)37-32-27-23-19-15-11-7-5-9-13-17-21-25-29-34-39-42(45)46/h4-5,8-9,40-42H,2-3,6-7,10-39H2,1H3/b8-4-,9-5-. The van der Waals surface area contributed by atoms with Gasteiger partial charge in [0, 0.05) is 0 Å². The number of unbranched alkanes of at least 4 members (excludes halogenated alkanes) is 24. The first-order chi connectivity index (χ1) is 22.6. The van der Waals surface area contributed by atoms with Crippen LogP contribution in [-0.4, -0.2) is 9.67 Å². The van der Waals surface area contributed by atoms with Gasteiger partial charge in [-0.3, -0.25) is 0 Å². The zero-order chi connectivity index (χ0) is 33.6. The molecule has 0 aliphatic heterocycles. The fourth-order valence-electron chi connectivity index (χ4n) is 6.57. The molecule has 0 aliphatic rings. The van der Waals surface area contributed by atoms with E-state index in [0.29, 0.717) is 0 Å². The molecule has 0 nitrogen and oxygen atoms in total. The molecule has 0 saturated carbocycles. The molecule has 0 amide bonds. The summed E-state index contributed by atoms with van der Waals surface area (Å²) in [6.45, 7) is 2.34. The Morgan fingerprint density at radius 3 is 0.826 bits per heavy atom. The van der Waals surface area contributed by atoms with Crippen molar-refractivity contribution in [2.45, 2.75) is 235 Å². The van der Waals surface area contributed by atoms with E-state index in [4.69, 9.17) is 46.4 Å². The third-order valence-corrected chi connectivity index (χ3v) is 10.5. The first-order valence-corrected chi connectivity index (χ1v) is 22.2. The van der Waals surface area contributed by atoms with Gasteiger partial charge in [-0.25, -0.2) is 0 Å². The average Bonchev–Trinajstić information content (AvgIpc) is 3.03. The molecule has 0 aromatic heterocycles. The summed E-state index contributed by atoms with van der Waals surface area (Å²) in [7, 11) is 0. The molecular weight excluding hydrogens is 646 g/mol. The highest BCUT2D eigenvalue weighted by Gasteiger charge is 2.08. The number of alkyl halides is 4. The minimum absolute atomic E-state index is 0.177. The second-order valence-corrected chi connectivity index (χ2v) is 16.7. The molecule has 0 spiro atoms. The van der Waals surface area contributed by atoms with Crippen LogP contribution in [-0.2, 0) is 0 Å². The van der Waals surface area contributed by atoms with Crippen LogP contribution in [0.15, 0.2) is 24.3 Å². The van der Waals surface area contributed by atoms with Crippen LogP contribution in [0.3, 0.4) is 0 Å². The van der Waals surface area contributed by atoms with Crippen molar-refractivity contribution in [2.24, 2.45) is 5.92 Å². The van der Waals surface area contributed by atoms with Gasteiger partial charge in [0.1, 0.15) is 9.67 Å². The van der Waals surface area contributed by atoms with Gasteiger partial charge in [-0.2, -0.15) is 0 Å². The van der Waals surface area contributed by atoms with E-state index in [1.54, 1.807) is 0 Å². The predicted molar refractivity (Wildman–Crippen MR) is 215 cm³/mol. The smallest absolute Gasteiger partial charge is 0.105 e. The van der Waals surface area contributed by atoms with Crippen molar-refractivity contribution >= 4 is 46.4 Å². The Hall–Kier alpha value is 0.640. The zero-order valence-electron chi connectivity index (χ0n) is 30.6. The summed E-state index contributed by atoms with van der Waals surface area (Å²) < 4.78 is 0. The van der Waals surface area contributed by atoms with E-state index in [1.807, 2.05) is 0 Å². The van der Waals surface area contributed by atoms with Gasteiger partial charge < -0.3 is 0 Å². The summed E-state index contributed by atoms with van der Waals surface area (Å²) in [4.78, 5) is -0.354. The van der Waals surface area contributed by atoms with Gasteiger partial charge in [-0.1, -0.05) is 185 Å². The summed E-state index contributed by atoms with van der Waals surface area (Å²) in [6, 6.07) is 0. The lowest BCUT2D eigenvalue weighted by atomic mass is 9.89. The van der Waals surface area contributed by atoms with Crippen LogP contribution < -0.4 is 0 Å². The third kappa shape index (κ3) is 40.8. The monoisotopic (exact) mass is 722 g/mol. The number of rotatable bonds is 38. The summed E-state index contributed by atoms with van der Waals surface area (Å²) in [5.74, 6) is 0.995. The number of hydrogen-bond acceptors (Lipinski definition) is 0. The van der Waals surface area contributed by atoms with Gasteiger partial charge in [0.05, 0.1) is 0 Å². The van der Waals surface area contributed by atoms with E-state index >= 15 is 0 Å². The van der Waals surface area contributed by atoms with E-state index in [1.165, 1.54) is 205 Å². The molecule has 46 heavy (non-hydrogen) atoms. The Labute approximate surface area is 310 Å². The molecule has 4 heteroatoms. The van der Waals surface area contributed by atoms with Crippen LogP contribution in [0.5, 0.6) is 0 Å². The zero-order valence-corrected chi connectivity index (χ0v) is 33.6. The van der Waals surface area contributed by atoms with Crippen molar-refractivity contribution in [2.75, 3.05) is 0 Å². The van der Waals surface area contributed by atoms with Gasteiger partial charge in [-0.05, 0) is 70.1 Å². The molecule has 0 rings (SSSR count). The van der Waals surface area contributed by atoms with Gasteiger partial charge in [0.15, 0.2) is 0 Å². The molecule has 0 heterocycles. The van der Waals surface area contributed by atoms with Gasteiger partial charge in [0.25, 0.3) is 0 Å². The van der Waals surface area contributed by atoms with Crippen LogP contribution in [0.4, 0.5) is 0 Å².